The predicted octanol–water partition coefficient (Wildman–Crippen LogP) is 2.48. The van der Waals surface area contributed by atoms with Gasteiger partial charge in [-0.05, 0) is 48.2 Å². The van der Waals surface area contributed by atoms with Gasteiger partial charge in [-0.25, -0.2) is 4.79 Å². The van der Waals surface area contributed by atoms with Crippen LogP contribution in [0.4, 0.5) is 10.5 Å². The van der Waals surface area contributed by atoms with Gasteiger partial charge < -0.3 is 16.4 Å². The fraction of sp³-hybridized carbons (Fsp3) is 0.143. The van der Waals surface area contributed by atoms with E-state index in [2.05, 4.69) is 10.6 Å². The van der Waals surface area contributed by atoms with Crippen molar-refractivity contribution in [3.05, 3.63) is 51.7 Å². The summed E-state index contributed by atoms with van der Waals surface area (Å²) in [6, 6.07) is 7.95. The quantitative estimate of drug-likeness (QED) is 0.808. The number of aryl methyl sites for hydroxylation is 1. The maximum atomic E-state index is 12.0. The lowest BCUT2D eigenvalue weighted by Gasteiger charge is -2.06. The van der Waals surface area contributed by atoms with Crippen molar-refractivity contribution >= 4 is 29.0 Å². The van der Waals surface area contributed by atoms with Crippen LogP contribution in [0, 0.1) is 6.92 Å². The average Bonchev–Trinajstić information content (AvgIpc) is 2.82. The molecule has 104 valence electrons. The van der Waals surface area contributed by atoms with E-state index in [1.54, 1.807) is 35.6 Å². The molecule has 3 amide bonds. The molecule has 0 aliphatic heterocycles. The zero-order valence-electron chi connectivity index (χ0n) is 11.0. The lowest BCUT2D eigenvalue weighted by molar-refractivity contribution is 0.0951. The highest BCUT2D eigenvalue weighted by Gasteiger charge is 2.07. The van der Waals surface area contributed by atoms with Gasteiger partial charge in [0.1, 0.15) is 0 Å². The first kappa shape index (κ1) is 14.1. The number of rotatable bonds is 4. The van der Waals surface area contributed by atoms with E-state index < -0.39 is 6.03 Å². The lowest BCUT2D eigenvalue weighted by atomic mass is 10.2. The van der Waals surface area contributed by atoms with E-state index in [0.29, 0.717) is 17.8 Å². The molecule has 1 heterocycles. The first-order chi connectivity index (χ1) is 9.56. The monoisotopic (exact) mass is 289 g/mol. The number of amides is 3. The van der Waals surface area contributed by atoms with E-state index in [4.69, 9.17) is 5.73 Å². The van der Waals surface area contributed by atoms with Gasteiger partial charge in [0, 0.05) is 16.1 Å². The second-order valence-electron chi connectivity index (χ2n) is 4.28. The van der Waals surface area contributed by atoms with E-state index in [-0.39, 0.29) is 5.91 Å². The van der Waals surface area contributed by atoms with E-state index in [9.17, 15) is 9.59 Å². The van der Waals surface area contributed by atoms with Crippen molar-refractivity contribution in [1.82, 2.24) is 5.32 Å². The van der Waals surface area contributed by atoms with Crippen molar-refractivity contribution in [2.75, 3.05) is 5.32 Å². The number of carbonyl (C=O) groups is 2. The maximum absolute atomic E-state index is 12.0. The van der Waals surface area contributed by atoms with Crippen molar-refractivity contribution in [1.29, 1.82) is 0 Å². The lowest BCUT2D eigenvalue weighted by Crippen LogP contribution is -2.23. The molecule has 0 saturated heterocycles. The number of urea groups is 1. The van der Waals surface area contributed by atoms with Gasteiger partial charge in [0.25, 0.3) is 5.91 Å². The summed E-state index contributed by atoms with van der Waals surface area (Å²) in [4.78, 5) is 23.8. The van der Waals surface area contributed by atoms with Crippen LogP contribution in [0.1, 0.15) is 20.8 Å². The molecule has 0 bridgehead atoms. The predicted molar refractivity (Wildman–Crippen MR) is 79.9 cm³/mol. The number of nitrogens with one attached hydrogen (secondary N) is 2. The molecule has 0 radical (unpaired) electrons. The number of carbonyl (C=O) groups excluding carboxylic acids is 2. The van der Waals surface area contributed by atoms with Gasteiger partial charge in [-0.3, -0.25) is 4.79 Å². The van der Waals surface area contributed by atoms with Crippen LogP contribution >= 0.6 is 11.3 Å². The fourth-order valence-corrected chi connectivity index (χ4v) is 2.54. The van der Waals surface area contributed by atoms with Gasteiger partial charge in [-0.15, -0.1) is 11.3 Å². The molecule has 0 spiro atoms. The Morgan fingerprint density at radius 1 is 1.20 bits per heavy atom. The number of primary amides is 1. The maximum Gasteiger partial charge on any atom is 0.316 e. The Labute approximate surface area is 120 Å². The molecule has 2 aromatic rings. The molecule has 5 nitrogen and oxygen atoms in total. The Bertz CT molecular complexity index is 620. The highest BCUT2D eigenvalue weighted by molar-refractivity contribution is 7.10. The smallest absolute Gasteiger partial charge is 0.316 e. The van der Waals surface area contributed by atoms with Crippen LogP contribution in [0.25, 0.3) is 0 Å². The Balaban J connectivity index is 1.95. The van der Waals surface area contributed by atoms with Gasteiger partial charge in [-0.2, -0.15) is 0 Å². The zero-order valence-corrected chi connectivity index (χ0v) is 11.8. The van der Waals surface area contributed by atoms with Crippen LogP contribution in [0.3, 0.4) is 0 Å². The zero-order chi connectivity index (χ0) is 14.5. The first-order valence-electron chi connectivity index (χ1n) is 6.04. The van der Waals surface area contributed by atoms with E-state index in [1.807, 2.05) is 18.4 Å². The molecule has 0 unspecified atom stereocenters. The molecular formula is C14H15N3O2S. The summed E-state index contributed by atoms with van der Waals surface area (Å²) in [5, 5.41) is 7.30. The molecule has 6 heteroatoms. The van der Waals surface area contributed by atoms with Crippen molar-refractivity contribution in [2.24, 2.45) is 5.73 Å². The molecule has 0 aliphatic rings. The van der Waals surface area contributed by atoms with Crippen molar-refractivity contribution in [3.63, 3.8) is 0 Å². The van der Waals surface area contributed by atoms with Crippen LogP contribution in [-0.4, -0.2) is 11.9 Å². The number of thiophene rings is 1. The second kappa shape index (κ2) is 6.21. The van der Waals surface area contributed by atoms with Crippen LogP contribution in [0.5, 0.6) is 0 Å². The summed E-state index contributed by atoms with van der Waals surface area (Å²) < 4.78 is 0. The van der Waals surface area contributed by atoms with E-state index >= 15 is 0 Å². The topological polar surface area (TPSA) is 84.2 Å². The van der Waals surface area contributed by atoms with Crippen LogP contribution < -0.4 is 16.4 Å². The van der Waals surface area contributed by atoms with Gasteiger partial charge in [-0.1, -0.05) is 0 Å². The minimum atomic E-state index is -0.629. The largest absolute Gasteiger partial charge is 0.351 e. The van der Waals surface area contributed by atoms with Crippen LogP contribution in [0.15, 0.2) is 35.7 Å². The third-order valence-electron chi connectivity index (χ3n) is 2.79. The minimum Gasteiger partial charge on any atom is -0.351 e. The molecule has 1 aromatic heterocycles. The fourth-order valence-electron chi connectivity index (χ4n) is 1.70. The van der Waals surface area contributed by atoms with Crippen LogP contribution in [0.2, 0.25) is 0 Å². The molecular weight excluding hydrogens is 274 g/mol. The normalized spacial score (nSPS) is 10.1. The summed E-state index contributed by atoms with van der Waals surface area (Å²) in [5.41, 5.74) is 7.28. The van der Waals surface area contributed by atoms with E-state index in [0.717, 1.165) is 4.88 Å². The standard InChI is InChI=1S/C14H15N3O2S/c1-9-6-7-20-12(9)8-16-13(18)10-2-4-11(5-3-10)17-14(15)19/h2-7H,8H2,1H3,(H,16,18)(H3,15,17,19). The molecule has 4 N–H and O–H groups in total. The van der Waals surface area contributed by atoms with Gasteiger partial charge in [0.15, 0.2) is 0 Å². The number of hydrogen-bond acceptors (Lipinski definition) is 3. The van der Waals surface area contributed by atoms with Gasteiger partial charge >= 0.3 is 6.03 Å². The summed E-state index contributed by atoms with van der Waals surface area (Å²) >= 11 is 1.62. The molecule has 0 atom stereocenters. The molecule has 20 heavy (non-hydrogen) atoms. The highest BCUT2D eigenvalue weighted by Crippen LogP contribution is 2.15. The summed E-state index contributed by atoms with van der Waals surface area (Å²) in [6.45, 7) is 2.53. The van der Waals surface area contributed by atoms with Crippen LogP contribution in [-0.2, 0) is 6.54 Å². The van der Waals surface area contributed by atoms with Gasteiger partial charge in [0.2, 0.25) is 0 Å². The Hall–Kier alpha value is -2.34. The highest BCUT2D eigenvalue weighted by atomic mass is 32.1. The Morgan fingerprint density at radius 2 is 1.90 bits per heavy atom. The number of benzene rings is 1. The van der Waals surface area contributed by atoms with Crippen molar-refractivity contribution in [3.8, 4) is 0 Å². The summed E-state index contributed by atoms with van der Waals surface area (Å²) in [7, 11) is 0. The average molecular weight is 289 g/mol. The Morgan fingerprint density at radius 3 is 2.45 bits per heavy atom. The first-order valence-corrected chi connectivity index (χ1v) is 6.92. The third kappa shape index (κ3) is 3.58. The summed E-state index contributed by atoms with van der Waals surface area (Å²) in [5.74, 6) is -0.150. The second-order valence-corrected chi connectivity index (χ2v) is 5.28. The van der Waals surface area contributed by atoms with Crippen molar-refractivity contribution in [2.45, 2.75) is 13.5 Å². The van der Waals surface area contributed by atoms with E-state index in [1.165, 1.54) is 5.56 Å². The molecule has 0 fully saturated rings. The number of hydrogen-bond donors (Lipinski definition) is 3. The third-order valence-corrected chi connectivity index (χ3v) is 3.82. The molecule has 0 aliphatic carbocycles. The van der Waals surface area contributed by atoms with Gasteiger partial charge in [0.05, 0.1) is 6.54 Å². The number of anilines is 1. The SMILES string of the molecule is Cc1ccsc1CNC(=O)c1ccc(NC(N)=O)cc1. The molecule has 2 rings (SSSR count). The number of nitrogens with two attached hydrogens (primary N) is 1. The summed E-state index contributed by atoms with van der Waals surface area (Å²) in [6.07, 6.45) is 0. The Kier molecular flexibility index (Phi) is 4.37. The molecule has 0 saturated carbocycles. The van der Waals surface area contributed by atoms with Crippen molar-refractivity contribution < 1.29 is 9.59 Å². The minimum absolute atomic E-state index is 0.150. The molecule has 1 aromatic carbocycles.